The molecule has 1 aromatic heterocycles. The van der Waals surface area contributed by atoms with Crippen LogP contribution >= 0.6 is 0 Å². The van der Waals surface area contributed by atoms with Gasteiger partial charge < -0.3 is 10.0 Å². The molecule has 94 valence electrons. The number of aliphatic hydroxyl groups excluding tert-OH is 1. The van der Waals surface area contributed by atoms with Gasteiger partial charge in [0.05, 0.1) is 23.7 Å². The van der Waals surface area contributed by atoms with Gasteiger partial charge in [0.25, 0.3) is 0 Å². The van der Waals surface area contributed by atoms with Crippen LogP contribution in [0.3, 0.4) is 0 Å². The Balaban J connectivity index is 1.96. The molecular formula is C14H22N2O. The lowest BCUT2D eigenvalue weighted by Gasteiger charge is -2.19. The van der Waals surface area contributed by atoms with Crippen molar-refractivity contribution in [1.29, 1.82) is 0 Å². The number of hydrogen-bond acceptors (Lipinski definition) is 3. The summed E-state index contributed by atoms with van der Waals surface area (Å²) in [6.07, 6.45) is 3.49. The summed E-state index contributed by atoms with van der Waals surface area (Å²) in [5.74, 6) is 1.73. The van der Waals surface area contributed by atoms with E-state index >= 15 is 0 Å². The van der Waals surface area contributed by atoms with Crippen molar-refractivity contribution in [3.8, 4) is 0 Å². The highest BCUT2D eigenvalue weighted by Crippen LogP contribution is 2.38. The molecular weight excluding hydrogens is 212 g/mol. The molecule has 1 saturated carbocycles. The van der Waals surface area contributed by atoms with Crippen LogP contribution in [-0.2, 0) is 0 Å². The Morgan fingerprint density at radius 2 is 2.24 bits per heavy atom. The topological polar surface area (TPSA) is 36.4 Å². The highest BCUT2D eigenvalue weighted by atomic mass is 16.3. The van der Waals surface area contributed by atoms with Gasteiger partial charge in [0.2, 0.25) is 0 Å². The summed E-state index contributed by atoms with van der Waals surface area (Å²) in [4.78, 5) is 6.58. The van der Waals surface area contributed by atoms with Crippen molar-refractivity contribution in [3.05, 3.63) is 24.0 Å². The number of anilines is 1. The molecule has 0 bridgehead atoms. The van der Waals surface area contributed by atoms with Crippen molar-refractivity contribution < 1.29 is 5.11 Å². The average molecular weight is 234 g/mol. The van der Waals surface area contributed by atoms with E-state index in [1.165, 1.54) is 6.42 Å². The Kier molecular flexibility index (Phi) is 3.67. The predicted octanol–water partition coefficient (Wildman–Crippen LogP) is 2.62. The Labute approximate surface area is 103 Å². The Morgan fingerprint density at radius 3 is 2.71 bits per heavy atom. The van der Waals surface area contributed by atoms with Crippen LogP contribution in [0.25, 0.3) is 0 Å². The van der Waals surface area contributed by atoms with Crippen molar-refractivity contribution in [2.45, 2.75) is 32.8 Å². The normalized spacial score (nSPS) is 24.5. The van der Waals surface area contributed by atoms with E-state index < -0.39 is 6.10 Å². The minimum atomic E-state index is -0.433. The van der Waals surface area contributed by atoms with E-state index in [1.54, 1.807) is 0 Å². The Bertz CT molecular complexity index is 363. The molecule has 1 N–H and O–H groups in total. The number of aromatic nitrogens is 1. The molecule has 0 aliphatic heterocycles. The van der Waals surface area contributed by atoms with Crippen molar-refractivity contribution in [3.63, 3.8) is 0 Å². The van der Waals surface area contributed by atoms with Gasteiger partial charge in [-0.25, -0.2) is 0 Å². The first-order valence-electron chi connectivity index (χ1n) is 6.47. The minimum absolute atomic E-state index is 0.433. The lowest BCUT2D eigenvalue weighted by Crippen LogP contribution is -2.20. The average Bonchev–Trinajstić information content (AvgIpc) is 3.04. The highest BCUT2D eigenvalue weighted by molar-refractivity contribution is 5.44. The number of pyridine rings is 1. The molecule has 0 aromatic carbocycles. The molecule has 1 heterocycles. The van der Waals surface area contributed by atoms with Crippen LogP contribution in [0.2, 0.25) is 0 Å². The third-order valence-electron chi connectivity index (χ3n) is 3.72. The van der Waals surface area contributed by atoms with Crippen LogP contribution in [0.15, 0.2) is 18.3 Å². The molecule has 0 spiro atoms. The van der Waals surface area contributed by atoms with Gasteiger partial charge in [0.15, 0.2) is 0 Å². The summed E-state index contributed by atoms with van der Waals surface area (Å²) in [6, 6.07) is 3.98. The van der Waals surface area contributed by atoms with Gasteiger partial charge in [0, 0.05) is 13.6 Å². The Hall–Kier alpha value is -1.09. The van der Waals surface area contributed by atoms with Crippen LogP contribution in [0, 0.1) is 11.8 Å². The van der Waals surface area contributed by atoms with Crippen molar-refractivity contribution in [2.75, 3.05) is 18.5 Å². The SMILES string of the molecule is CC[C@H](O)c1ccc(N(C)CC2CC2C)cn1. The monoisotopic (exact) mass is 234 g/mol. The van der Waals surface area contributed by atoms with Crippen LogP contribution in [0.1, 0.15) is 38.5 Å². The lowest BCUT2D eigenvalue weighted by molar-refractivity contribution is 0.169. The highest BCUT2D eigenvalue weighted by Gasteiger charge is 2.33. The smallest absolute Gasteiger partial charge is 0.0957 e. The molecule has 0 amide bonds. The quantitative estimate of drug-likeness (QED) is 0.850. The van der Waals surface area contributed by atoms with Gasteiger partial charge in [-0.3, -0.25) is 4.98 Å². The van der Waals surface area contributed by atoms with E-state index in [0.29, 0.717) is 6.42 Å². The maximum absolute atomic E-state index is 9.67. The minimum Gasteiger partial charge on any atom is -0.387 e. The molecule has 3 atom stereocenters. The largest absolute Gasteiger partial charge is 0.387 e. The summed E-state index contributed by atoms with van der Waals surface area (Å²) in [7, 11) is 2.11. The van der Waals surface area contributed by atoms with Crippen molar-refractivity contribution >= 4 is 5.69 Å². The fourth-order valence-electron chi connectivity index (χ4n) is 2.14. The number of nitrogens with zero attached hydrogens (tertiary/aromatic N) is 2. The summed E-state index contributed by atoms with van der Waals surface area (Å²) >= 11 is 0. The third-order valence-corrected chi connectivity index (χ3v) is 3.72. The number of hydrogen-bond donors (Lipinski definition) is 1. The van der Waals surface area contributed by atoms with Crippen LogP contribution in [0.4, 0.5) is 5.69 Å². The molecule has 1 aromatic rings. The van der Waals surface area contributed by atoms with Crippen LogP contribution in [0.5, 0.6) is 0 Å². The lowest BCUT2D eigenvalue weighted by atomic mass is 10.2. The first-order chi connectivity index (χ1) is 8.11. The molecule has 3 heteroatoms. The fourth-order valence-corrected chi connectivity index (χ4v) is 2.14. The second kappa shape index (κ2) is 5.05. The molecule has 2 rings (SSSR count). The molecule has 2 unspecified atom stereocenters. The second-order valence-corrected chi connectivity index (χ2v) is 5.22. The maximum Gasteiger partial charge on any atom is 0.0957 e. The molecule has 1 aliphatic rings. The first kappa shape index (κ1) is 12.4. The summed E-state index contributed by atoms with van der Waals surface area (Å²) in [5.41, 5.74) is 1.90. The van der Waals surface area contributed by atoms with Crippen LogP contribution in [-0.4, -0.2) is 23.7 Å². The van der Waals surface area contributed by atoms with Gasteiger partial charge in [-0.2, -0.15) is 0 Å². The van der Waals surface area contributed by atoms with Crippen molar-refractivity contribution in [2.24, 2.45) is 11.8 Å². The third kappa shape index (κ3) is 2.97. The fraction of sp³-hybridized carbons (Fsp3) is 0.643. The zero-order valence-electron chi connectivity index (χ0n) is 10.9. The molecule has 3 nitrogen and oxygen atoms in total. The van der Waals surface area contributed by atoms with E-state index in [4.69, 9.17) is 0 Å². The number of aliphatic hydroxyl groups is 1. The summed E-state index contributed by atoms with van der Waals surface area (Å²) in [6.45, 7) is 5.37. The first-order valence-corrected chi connectivity index (χ1v) is 6.47. The van der Waals surface area contributed by atoms with E-state index in [-0.39, 0.29) is 0 Å². The van der Waals surface area contributed by atoms with E-state index in [9.17, 15) is 5.11 Å². The molecule has 0 saturated heterocycles. The molecule has 0 radical (unpaired) electrons. The van der Waals surface area contributed by atoms with Gasteiger partial charge in [-0.1, -0.05) is 13.8 Å². The van der Waals surface area contributed by atoms with Crippen molar-refractivity contribution in [1.82, 2.24) is 4.98 Å². The van der Waals surface area contributed by atoms with E-state index in [2.05, 4.69) is 23.9 Å². The summed E-state index contributed by atoms with van der Waals surface area (Å²) < 4.78 is 0. The van der Waals surface area contributed by atoms with Gasteiger partial charge in [0.1, 0.15) is 0 Å². The predicted molar refractivity (Wildman–Crippen MR) is 70.0 cm³/mol. The van der Waals surface area contributed by atoms with E-state index in [1.807, 2.05) is 25.3 Å². The standard InChI is InChI=1S/C14H22N2O/c1-4-14(17)13-6-5-12(8-15-13)16(3)9-11-7-10(11)2/h5-6,8,10-11,14,17H,4,7,9H2,1-3H3/t10?,11?,14-/m0/s1. The molecule has 1 aliphatic carbocycles. The van der Waals surface area contributed by atoms with E-state index in [0.717, 1.165) is 29.8 Å². The molecule has 17 heavy (non-hydrogen) atoms. The molecule has 1 fully saturated rings. The van der Waals surface area contributed by atoms with Gasteiger partial charge >= 0.3 is 0 Å². The zero-order valence-corrected chi connectivity index (χ0v) is 10.9. The zero-order chi connectivity index (χ0) is 12.4. The van der Waals surface area contributed by atoms with Gasteiger partial charge in [-0.05, 0) is 36.8 Å². The second-order valence-electron chi connectivity index (χ2n) is 5.22. The summed E-state index contributed by atoms with van der Waals surface area (Å²) in [5, 5.41) is 9.67. The van der Waals surface area contributed by atoms with Gasteiger partial charge in [-0.15, -0.1) is 0 Å². The van der Waals surface area contributed by atoms with Crippen LogP contribution < -0.4 is 4.90 Å². The number of rotatable bonds is 5. The Morgan fingerprint density at radius 1 is 1.53 bits per heavy atom. The maximum atomic E-state index is 9.67.